The molecular weight excluding hydrogens is 286 g/mol. The quantitative estimate of drug-likeness (QED) is 0.460. The van der Waals surface area contributed by atoms with E-state index in [0.717, 1.165) is 6.42 Å². The molecule has 1 N–H and O–H groups in total. The molecule has 0 spiro atoms. The first-order valence-electron chi connectivity index (χ1n) is 5.87. The summed E-state index contributed by atoms with van der Waals surface area (Å²) in [7, 11) is -5.57. The number of rotatable bonds is 4. The average Bonchev–Trinajstić information content (AvgIpc) is 2.90. The standard InChI is InChI=1S/C10H12F2O6S/c11-10(12,19(14,15)16)3-17-9(13)6-2-4-1-5(6)8-7(4)18-8/h4-8H,1-3H2,(H,14,15,16). The minimum atomic E-state index is -5.57. The van der Waals surface area contributed by atoms with Gasteiger partial charge in [0, 0.05) is 5.92 Å². The van der Waals surface area contributed by atoms with Crippen LogP contribution in [0.5, 0.6) is 0 Å². The number of hydrogen-bond donors (Lipinski definition) is 1. The molecule has 9 heteroatoms. The van der Waals surface area contributed by atoms with Crippen molar-refractivity contribution < 1.29 is 36.0 Å². The molecule has 1 aliphatic heterocycles. The van der Waals surface area contributed by atoms with E-state index in [2.05, 4.69) is 4.74 Å². The van der Waals surface area contributed by atoms with Crippen molar-refractivity contribution in [2.75, 3.05) is 6.61 Å². The van der Waals surface area contributed by atoms with Gasteiger partial charge < -0.3 is 9.47 Å². The maximum absolute atomic E-state index is 12.9. The molecule has 0 aromatic heterocycles. The van der Waals surface area contributed by atoms with Crippen LogP contribution in [0.2, 0.25) is 0 Å². The van der Waals surface area contributed by atoms with Gasteiger partial charge in [0.25, 0.3) is 0 Å². The molecule has 1 saturated heterocycles. The van der Waals surface area contributed by atoms with Gasteiger partial charge in [-0.1, -0.05) is 0 Å². The molecule has 5 unspecified atom stereocenters. The van der Waals surface area contributed by atoms with E-state index in [9.17, 15) is 22.0 Å². The zero-order valence-corrected chi connectivity index (χ0v) is 10.5. The van der Waals surface area contributed by atoms with Crippen LogP contribution in [-0.4, -0.2) is 43.0 Å². The largest absolute Gasteiger partial charge is 0.458 e. The van der Waals surface area contributed by atoms with E-state index >= 15 is 0 Å². The van der Waals surface area contributed by atoms with Crippen molar-refractivity contribution in [2.24, 2.45) is 17.8 Å². The first-order chi connectivity index (χ1) is 8.71. The van der Waals surface area contributed by atoms with Gasteiger partial charge in [0.1, 0.15) is 0 Å². The summed E-state index contributed by atoms with van der Waals surface area (Å²) in [5.41, 5.74) is 0. The van der Waals surface area contributed by atoms with Crippen LogP contribution in [0.25, 0.3) is 0 Å². The lowest BCUT2D eigenvalue weighted by Gasteiger charge is -2.19. The summed E-state index contributed by atoms with van der Waals surface area (Å²) >= 11 is 0. The van der Waals surface area contributed by atoms with Crippen molar-refractivity contribution in [3.8, 4) is 0 Å². The molecule has 0 aromatic rings. The SMILES string of the molecule is O=C(OCC(F)(F)S(=O)(=O)O)C1CC2CC1C1OC21. The average molecular weight is 298 g/mol. The second-order valence-corrected chi connectivity index (χ2v) is 6.83. The normalized spacial score (nSPS) is 40.1. The number of epoxide rings is 1. The van der Waals surface area contributed by atoms with Crippen LogP contribution in [0.15, 0.2) is 0 Å². The third-order valence-corrected chi connectivity index (χ3v) is 5.03. The van der Waals surface area contributed by atoms with Crippen molar-refractivity contribution in [1.29, 1.82) is 0 Å². The Balaban J connectivity index is 1.58. The van der Waals surface area contributed by atoms with E-state index in [1.807, 2.05) is 0 Å². The molecule has 0 amide bonds. The molecule has 3 fully saturated rings. The summed E-state index contributed by atoms with van der Waals surface area (Å²) in [6.07, 6.45) is 1.58. The third kappa shape index (κ3) is 2.03. The zero-order chi connectivity index (χ0) is 14.0. The summed E-state index contributed by atoms with van der Waals surface area (Å²) in [6.45, 7) is -1.66. The number of hydrogen-bond acceptors (Lipinski definition) is 5. The lowest BCUT2D eigenvalue weighted by molar-refractivity contribution is -0.156. The van der Waals surface area contributed by atoms with Crippen molar-refractivity contribution in [1.82, 2.24) is 0 Å². The number of alkyl halides is 2. The second kappa shape index (κ2) is 3.86. The van der Waals surface area contributed by atoms with Gasteiger partial charge in [-0.15, -0.1) is 0 Å². The second-order valence-electron chi connectivity index (χ2n) is 5.29. The van der Waals surface area contributed by atoms with Gasteiger partial charge in [-0.3, -0.25) is 9.35 Å². The van der Waals surface area contributed by atoms with E-state index in [4.69, 9.17) is 9.29 Å². The van der Waals surface area contributed by atoms with Crippen LogP contribution in [-0.2, 0) is 24.4 Å². The molecule has 0 aromatic carbocycles. The van der Waals surface area contributed by atoms with Gasteiger partial charge in [0.05, 0.1) is 18.1 Å². The van der Waals surface area contributed by atoms with Crippen LogP contribution in [0.3, 0.4) is 0 Å². The molecular formula is C10H12F2O6S. The number of halogens is 2. The van der Waals surface area contributed by atoms with E-state index in [-0.39, 0.29) is 24.0 Å². The number of esters is 1. The minimum Gasteiger partial charge on any atom is -0.458 e. The van der Waals surface area contributed by atoms with Gasteiger partial charge in [-0.25, -0.2) is 0 Å². The van der Waals surface area contributed by atoms with Crippen LogP contribution in [0.1, 0.15) is 12.8 Å². The molecule has 108 valence electrons. The van der Waals surface area contributed by atoms with E-state index in [0.29, 0.717) is 6.42 Å². The molecule has 2 saturated carbocycles. The summed E-state index contributed by atoms with van der Waals surface area (Å²) in [5.74, 6) is -1.09. The fourth-order valence-electron chi connectivity index (χ4n) is 3.21. The highest BCUT2D eigenvalue weighted by molar-refractivity contribution is 7.86. The maximum Gasteiger partial charge on any atom is 0.402 e. The Morgan fingerprint density at radius 2 is 2.05 bits per heavy atom. The van der Waals surface area contributed by atoms with Gasteiger partial charge >= 0.3 is 21.3 Å². The third-order valence-electron chi connectivity index (χ3n) is 4.16. The van der Waals surface area contributed by atoms with Crippen molar-refractivity contribution in [3.63, 3.8) is 0 Å². The Kier molecular flexibility index (Phi) is 2.68. The van der Waals surface area contributed by atoms with Crippen molar-refractivity contribution in [3.05, 3.63) is 0 Å². The summed E-state index contributed by atoms with van der Waals surface area (Å²) < 4.78 is 64.5. The summed E-state index contributed by atoms with van der Waals surface area (Å²) in [5, 5.41) is -4.47. The number of carbonyl (C=O) groups excluding carboxylic acids is 1. The van der Waals surface area contributed by atoms with Crippen LogP contribution >= 0.6 is 0 Å². The van der Waals surface area contributed by atoms with Crippen molar-refractivity contribution in [2.45, 2.75) is 30.3 Å². The van der Waals surface area contributed by atoms with Gasteiger partial charge in [0.15, 0.2) is 6.61 Å². The molecule has 0 radical (unpaired) electrons. The van der Waals surface area contributed by atoms with Gasteiger partial charge in [0.2, 0.25) is 0 Å². The molecule has 5 atom stereocenters. The Bertz CT molecular complexity index is 518. The Morgan fingerprint density at radius 3 is 2.58 bits per heavy atom. The lowest BCUT2D eigenvalue weighted by atomic mass is 9.89. The van der Waals surface area contributed by atoms with Crippen LogP contribution in [0.4, 0.5) is 8.78 Å². The maximum atomic E-state index is 12.9. The van der Waals surface area contributed by atoms with E-state index < -0.39 is 33.9 Å². The molecule has 1 heterocycles. The Hall–Kier alpha value is -0.800. The topological polar surface area (TPSA) is 93.2 Å². The molecule has 3 rings (SSSR count). The summed E-state index contributed by atoms with van der Waals surface area (Å²) in [4.78, 5) is 11.7. The smallest absolute Gasteiger partial charge is 0.402 e. The summed E-state index contributed by atoms with van der Waals surface area (Å²) in [6, 6.07) is 0. The Morgan fingerprint density at radius 1 is 1.37 bits per heavy atom. The zero-order valence-electron chi connectivity index (χ0n) is 9.66. The number of ether oxygens (including phenoxy) is 2. The van der Waals surface area contributed by atoms with Crippen molar-refractivity contribution >= 4 is 16.1 Å². The van der Waals surface area contributed by atoms with Gasteiger partial charge in [-0.05, 0) is 18.8 Å². The predicted molar refractivity (Wildman–Crippen MR) is 55.8 cm³/mol. The van der Waals surface area contributed by atoms with Crippen LogP contribution < -0.4 is 0 Å². The predicted octanol–water partition coefficient (Wildman–Crippen LogP) is 0.434. The number of carbonyl (C=O) groups is 1. The first-order valence-corrected chi connectivity index (χ1v) is 7.31. The molecule has 2 bridgehead atoms. The molecule has 2 aliphatic carbocycles. The highest BCUT2D eigenvalue weighted by atomic mass is 32.2. The molecule has 19 heavy (non-hydrogen) atoms. The van der Waals surface area contributed by atoms with E-state index in [1.54, 1.807) is 0 Å². The number of fused-ring (bicyclic) bond motifs is 5. The highest BCUT2D eigenvalue weighted by Gasteiger charge is 2.65. The highest BCUT2D eigenvalue weighted by Crippen LogP contribution is 2.59. The fraction of sp³-hybridized carbons (Fsp3) is 0.900. The van der Waals surface area contributed by atoms with Crippen LogP contribution in [0, 0.1) is 17.8 Å². The van der Waals surface area contributed by atoms with E-state index in [1.165, 1.54) is 0 Å². The first kappa shape index (κ1) is 13.2. The fourth-order valence-corrected chi connectivity index (χ4v) is 3.42. The minimum absolute atomic E-state index is 0.0122. The Labute approximate surface area is 107 Å². The lowest BCUT2D eigenvalue weighted by Crippen LogP contribution is -2.36. The monoisotopic (exact) mass is 298 g/mol. The molecule has 6 nitrogen and oxygen atoms in total. The molecule has 3 aliphatic rings. The van der Waals surface area contributed by atoms with Gasteiger partial charge in [-0.2, -0.15) is 17.2 Å².